The third-order valence-corrected chi connectivity index (χ3v) is 6.70. The fourth-order valence-corrected chi connectivity index (χ4v) is 4.98. The topological polar surface area (TPSA) is 82.3 Å². The van der Waals surface area contributed by atoms with Gasteiger partial charge in [0.2, 0.25) is 0 Å². The molecule has 0 spiro atoms. The largest absolute Gasteiger partial charge is 0.461 e. The van der Waals surface area contributed by atoms with Gasteiger partial charge in [0.25, 0.3) is 0 Å². The molecule has 2 aromatic rings. The third kappa shape index (κ3) is 4.16. The first kappa shape index (κ1) is 20.4. The summed E-state index contributed by atoms with van der Waals surface area (Å²) in [5.41, 5.74) is 1.77. The second kappa shape index (κ2) is 8.55. The van der Waals surface area contributed by atoms with Crippen molar-refractivity contribution < 1.29 is 9.53 Å². The molecule has 2 aliphatic carbocycles. The van der Waals surface area contributed by atoms with E-state index in [2.05, 4.69) is 20.2 Å². The number of allylic oxidation sites excluding steroid dienone is 4. The minimum Gasteiger partial charge on any atom is -0.461 e. The van der Waals surface area contributed by atoms with Gasteiger partial charge in [-0.15, -0.1) is 10.2 Å². The van der Waals surface area contributed by atoms with E-state index in [4.69, 9.17) is 27.9 Å². The van der Waals surface area contributed by atoms with E-state index < -0.39 is 6.04 Å². The smallest absolute Gasteiger partial charge is 0.330 e. The maximum atomic E-state index is 13.3. The number of ether oxygens (including phenoxy) is 1. The zero-order valence-corrected chi connectivity index (χ0v) is 18.2. The van der Waals surface area contributed by atoms with Crippen molar-refractivity contribution in [3.8, 4) is 0 Å². The zero-order valence-electron chi connectivity index (χ0n) is 16.7. The summed E-state index contributed by atoms with van der Waals surface area (Å²) in [6, 6.07) is 3.13. The van der Waals surface area contributed by atoms with Gasteiger partial charge in [0.15, 0.2) is 5.82 Å². The Morgan fingerprint density at radius 2 is 2.03 bits per heavy atom. The molecular weight excluding hydrogens is 437 g/mol. The van der Waals surface area contributed by atoms with E-state index in [1.807, 2.05) is 12.1 Å². The molecule has 0 amide bonds. The van der Waals surface area contributed by atoms with E-state index in [0.29, 0.717) is 28.2 Å². The number of hydrogen-bond donors (Lipinski definition) is 0. The Bertz CT molecular complexity index is 1090. The van der Waals surface area contributed by atoms with E-state index in [9.17, 15) is 4.79 Å². The molecule has 2 unspecified atom stereocenters. The average molecular weight is 458 g/mol. The average Bonchev–Trinajstić information content (AvgIpc) is 3.16. The molecule has 7 nitrogen and oxygen atoms in total. The van der Waals surface area contributed by atoms with Crippen molar-refractivity contribution in [3.05, 3.63) is 64.1 Å². The van der Waals surface area contributed by atoms with Crippen molar-refractivity contribution in [2.75, 3.05) is 0 Å². The molecule has 2 aromatic heterocycles. The Balaban J connectivity index is 1.30. The van der Waals surface area contributed by atoms with Crippen LogP contribution in [0.25, 0.3) is 0 Å². The van der Waals surface area contributed by atoms with Crippen LogP contribution < -0.4 is 0 Å². The molecule has 31 heavy (non-hydrogen) atoms. The lowest BCUT2D eigenvalue weighted by molar-refractivity contribution is -0.156. The van der Waals surface area contributed by atoms with Crippen molar-refractivity contribution in [1.29, 1.82) is 0 Å². The number of nitrogens with zero attached hydrogens (tertiary/aromatic N) is 5. The molecule has 1 fully saturated rings. The number of pyridine rings is 1. The van der Waals surface area contributed by atoms with Crippen LogP contribution >= 0.6 is 23.2 Å². The lowest BCUT2D eigenvalue weighted by Crippen LogP contribution is -2.34. The predicted octanol–water partition coefficient (Wildman–Crippen LogP) is 4.60. The molecule has 0 saturated heterocycles. The van der Waals surface area contributed by atoms with E-state index in [1.54, 1.807) is 35.4 Å². The fraction of sp³-hybridized carbons (Fsp3) is 0.409. The first-order valence-electron chi connectivity index (χ1n) is 10.4. The summed E-state index contributed by atoms with van der Waals surface area (Å²) in [5, 5.41) is 9.37. The molecule has 3 heterocycles. The summed E-state index contributed by atoms with van der Waals surface area (Å²) in [5.74, 6) is 0.419. The van der Waals surface area contributed by atoms with E-state index in [1.165, 1.54) is 0 Å². The van der Waals surface area contributed by atoms with Gasteiger partial charge in [-0.2, -0.15) is 0 Å². The quantitative estimate of drug-likeness (QED) is 0.629. The van der Waals surface area contributed by atoms with Gasteiger partial charge in [0.05, 0.1) is 6.21 Å². The molecule has 1 aliphatic heterocycles. The van der Waals surface area contributed by atoms with Crippen LogP contribution in [0, 0.1) is 5.92 Å². The normalized spacial score (nSPS) is 27.4. The van der Waals surface area contributed by atoms with Crippen LogP contribution in [0.2, 0.25) is 5.02 Å². The summed E-state index contributed by atoms with van der Waals surface area (Å²) < 4.78 is 7.75. The fourth-order valence-electron chi connectivity index (χ4n) is 4.61. The Kier molecular flexibility index (Phi) is 5.63. The highest BCUT2D eigenvalue weighted by Crippen LogP contribution is 2.39. The van der Waals surface area contributed by atoms with Crippen LogP contribution in [0.3, 0.4) is 0 Å². The minimum absolute atomic E-state index is 0.123. The zero-order chi connectivity index (χ0) is 21.4. The van der Waals surface area contributed by atoms with E-state index in [0.717, 1.165) is 37.1 Å². The van der Waals surface area contributed by atoms with Crippen LogP contribution in [0.4, 0.5) is 0 Å². The second-order valence-corrected chi connectivity index (χ2v) is 8.98. The Labute approximate surface area is 189 Å². The summed E-state index contributed by atoms with van der Waals surface area (Å²) in [6.45, 7) is 0. The molecular formula is C22H21Cl2N5O2. The number of carbonyl (C=O) groups excluding carboxylic acids is 1. The highest BCUT2D eigenvalue weighted by molar-refractivity contribution is 6.31. The molecule has 3 aliphatic rings. The van der Waals surface area contributed by atoms with Crippen LogP contribution in [0.15, 0.2) is 52.5 Å². The number of carbonyl (C=O) groups is 1. The minimum atomic E-state index is -0.577. The summed E-state index contributed by atoms with van der Waals surface area (Å²) in [6.07, 6.45) is 12.5. The Hall–Kier alpha value is -2.51. The number of esters is 1. The highest BCUT2D eigenvalue weighted by Gasteiger charge is 2.39. The molecule has 1 saturated carbocycles. The summed E-state index contributed by atoms with van der Waals surface area (Å²) >= 11 is 12.3. The summed E-state index contributed by atoms with van der Waals surface area (Å²) in [7, 11) is 0. The van der Waals surface area contributed by atoms with Gasteiger partial charge >= 0.3 is 5.97 Å². The van der Waals surface area contributed by atoms with Gasteiger partial charge in [-0.1, -0.05) is 29.3 Å². The summed E-state index contributed by atoms with van der Waals surface area (Å²) in [4.78, 5) is 22.3. The molecule has 0 radical (unpaired) electrons. The van der Waals surface area contributed by atoms with Crippen LogP contribution in [0.1, 0.15) is 55.6 Å². The SMILES string of the molecule is O=C(OC1CCC(c2cc(Cl)ccn2)CC1)C1C2CC=C(Cl)C=C2N=Cc2nncn21. The number of aromatic nitrogens is 4. The van der Waals surface area contributed by atoms with E-state index in [-0.39, 0.29) is 18.0 Å². The van der Waals surface area contributed by atoms with Gasteiger partial charge in [-0.05, 0) is 50.3 Å². The molecule has 0 bridgehead atoms. The second-order valence-electron chi connectivity index (χ2n) is 8.11. The number of halogens is 2. The number of fused-ring (bicyclic) bond motifs is 2. The first-order valence-corrected chi connectivity index (χ1v) is 11.2. The Morgan fingerprint density at radius 1 is 1.19 bits per heavy atom. The highest BCUT2D eigenvalue weighted by atomic mass is 35.5. The van der Waals surface area contributed by atoms with Crippen molar-refractivity contribution in [2.45, 2.75) is 50.2 Å². The van der Waals surface area contributed by atoms with Gasteiger partial charge < -0.3 is 4.74 Å². The van der Waals surface area contributed by atoms with Crippen molar-refractivity contribution >= 4 is 35.4 Å². The van der Waals surface area contributed by atoms with Gasteiger partial charge in [-0.3, -0.25) is 14.5 Å². The lowest BCUT2D eigenvalue weighted by atomic mass is 9.85. The molecule has 9 heteroatoms. The maximum Gasteiger partial charge on any atom is 0.330 e. The molecule has 0 N–H and O–H groups in total. The Morgan fingerprint density at radius 3 is 2.84 bits per heavy atom. The molecule has 5 rings (SSSR count). The number of aliphatic imine (C=N–C) groups is 1. The monoisotopic (exact) mass is 457 g/mol. The molecule has 0 aromatic carbocycles. The van der Waals surface area contributed by atoms with Gasteiger partial charge in [-0.25, -0.2) is 4.79 Å². The van der Waals surface area contributed by atoms with E-state index >= 15 is 0 Å². The van der Waals surface area contributed by atoms with Crippen molar-refractivity contribution in [2.24, 2.45) is 10.9 Å². The van der Waals surface area contributed by atoms with Gasteiger partial charge in [0, 0.05) is 39.5 Å². The van der Waals surface area contributed by atoms with Crippen LogP contribution in [-0.4, -0.2) is 38.0 Å². The predicted molar refractivity (Wildman–Crippen MR) is 117 cm³/mol. The molecule has 2 atom stereocenters. The lowest BCUT2D eigenvalue weighted by Gasteiger charge is -2.31. The maximum absolute atomic E-state index is 13.3. The van der Waals surface area contributed by atoms with Crippen LogP contribution in [0.5, 0.6) is 0 Å². The van der Waals surface area contributed by atoms with Gasteiger partial charge in [0.1, 0.15) is 18.5 Å². The van der Waals surface area contributed by atoms with Crippen molar-refractivity contribution in [3.63, 3.8) is 0 Å². The third-order valence-electron chi connectivity index (χ3n) is 6.20. The molecule has 160 valence electrons. The number of hydrogen-bond acceptors (Lipinski definition) is 6. The van der Waals surface area contributed by atoms with Crippen molar-refractivity contribution in [1.82, 2.24) is 19.7 Å². The number of rotatable bonds is 3. The first-order chi connectivity index (χ1) is 15.1. The van der Waals surface area contributed by atoms with Crippen LogP contribution in [-0.2, 0) is 9.53 Å². The standard InChI is InChI=1S/C22H21Cl2N5O2/c23-14-3-6-17-19(10-14)26-11-20-28-27-12-29(20)21(17)22(30)31-16-4-1-13(2-5-16)18-9-15(24)7-8-25-18/h3,7-13,16-17,21H,1-2,4-6H2.